The summed E-state index contributed by atoms with van der Waals surface area (Å²) in [5, 5.41) is 16.1. The molecular formula is C74H48N2O2. The summed E-state index contributed by atoms with van der Waals surface area (Å²) in [7, 11) is 0. The molecule has 16 rings (SSSR count). The fraction of sp³-hybridized carbons (Fsp3) is 0.0270. The van der Waals surface area contributed by atoms with Crippen molar-refractivity contribution in [1.29, 1.82) is 0 Å². The highest BCUT2D eigenvalue weighted by atomic mass is 16.3. The molecule has 0 spiro atoms. The van der Waals surface area contributed by atoms with Gasteiger partial charge in [0.05, 0.1) is 34.1 Å². The van der Waals surface area contributed by atoms with Crippen LogP contribution in [0.3, 0.4) is 0 Å². The second-order valence-electron chi connectivity index (χ2n) is 20.8. The average molecular weight is 997 g/mol. The highest BCUT2D eigenvalue weighted by Gasteiger charge is 2.29. The third-order valence-electron chi connectivity index (χ3n) is 16.5. The van der Waals surface area contributed by atoms with E-state index in [1.165, 1.54) is 43.4 Å². The number of fused-ring (bicyclic) bond motifs is 8. The Morgan fingerprint density at radius 3 is 1.04 bits per heavy atom. The SMILES string of the molecule is Cc1ccc(N(c2cc(-c3ccccc3)c3ccc4c(N(c5ccc(C)c6ccccc56)c5cccc6c5oc5ccccc56)cc(-c5ccccc5)c5ccc2c3c54)c2cccc3c2oc2ccccc23)c2ccccc12. The molecule has 14 aromatic carbocycles. The van der Waals surface area contributed by atoms with Gasteiger partial charge in [-0.1, -0.05) is 206 Å². The first-order chi connectivity index (χ1) is 38.6. The van der Waals surface area contributed by atoms with Crippen LogP contribution in [0.5, 0.6) is 0 Å². The van der Waals surface area contributed by atoms with Crippen molar-refractivity contribution < 1.29 is 8.83 Å². The van der Waals surface area contributed by atoms with E-state index in [1.807, 2.05) is 0 Å². The highest BCUT2D eigenvalue weighted by Crippen LogP contribution is 2.55. The fourth-order valence-electron chi connectivity index (χ4n) is 12.9. The van der Waals surface area contributed by atoms with E-state index >= 15 is 0 Å². The van der Waals surface area contributed by atoms with Crippen LogP contribution < -0.4 is 9.80 Å². The highest BCUT2D eigenvalue weighted by molar-refractivity contribution is 6.33. The molecule has 0 fully saturated rings. The predicted octanol–water partition coefficient (Wildman–Crippen LogP) is 21.6. The summed E-state index contributed by atoms with van der Waals surface area (Å²) < 4.78 is 14.0. The first kappa shape index (κ1) is 44.2. The van der Waals surface area contributed by atoms with E-state index in [1.54, 1.807) is 0 Å². The lowest BCUT2D eigenvalue weighted by atomic mass is 9.85. The van der Waals surface area contributed by atoms with E-state index in [9.17, 15) is 0 Å². The zero-order chi connectivity index (χ0) is 51.6. The minimum Gasteiger partial charge on any atom is -0.454 e. The van der Waals surface area contributed by atoms with Gasteiger partial charge in [-0.25, -0.2) is 0 Å². The molecule has 2 aromatic heterocycles. The number of benzene rings is 14. The Hall–Kier alpha value is -10.2. The summed E-state index contributed by atoms with van der Waals surface area (Å²) in [4.78, 5) is 4.97. The Balaban J connectivity index is 1.09. The summed E-state index contributed by atoms with van der Waals surface area (Å²) >= 11 is 0. The zero-order valence-electron chi connectivity index (χ0n) is 43.0. The molecule has 0 saturated heterocycles. The van der Waals surface area contributed by atoms with Gasteiger partial charge in [0.1, 0.15) is 11.2 Å². The Morgan fingerprint density at radius 1 is 0.244 bits per heavy atom. The van der Waals surface area contributed by atoms with Gasteiger partial charge in [-0.2, -0.15) is 0 Å². The molecule has 0 atom stereocenters. The molecule has 0 aliphatic heterocycles. The second kappa shape index (κ2) is 17.2. The molecule has 4 nitrogen and oxygen atoms in total. The number of furan rings is 2. The van der Waals surface area contributed by atoms with Crippen LogP contribution in [0, 0.1) is 13.8 Å². The minimum absolute atomic E-state index is 0.838. The molecule has 0 aliphatic carbocycles. The molecule has 0 amide bonds. The van der Waals surface area contributed by atoms with Crippen molar-refractivity contribution in [1.82, 2.24) is 0 Å². The maximum atomic E-state index is 7.01. The normalized spacial score (nSPS) is 12.0. The molecule has 0 bridgehead atoms. The smallest absolute Gasteiger partial charge is 0.159 e. The lowest BCUT2D eigenvalue weighted by Gasteiger charge is -2.32. The van der Waals surface area contributed by atoms with Crippen molar-refractivity contribution in [2.75, 3.05) is 9.80 Å². The number of nitrogens with zero attached hydrogens (tertiary/aromatic N) is 2. The van der Waals surface area contributed by atoms with Gasteiger partial charge in [0.15, 0.2) is 11.2 Å². The summed E-state index contributed by atoms with van der Waals surface area (Å²) in [5.41, 5.74) is 16.6. The van der Waals surface area contributed by atoms with Crippen LogP contribution in [-0.4, -0.2) is 0 Å². The van der Waals surface area contributed by atoms with Gasteiger partial charge in [0.2, 0.25) is 0 Å². The number of anilines is 6. The molecule has 4 heteroatoms. The summed E-state index contributed by atoms with van der Waals surface area (Å²) in [6.45, 7) is 4.42. The van der Waals surface area contributed by atoms with Crippen molar-refractivity contribution in [2.24, 2.45) is 0 Å². The molecule has 0 unspecified atom stereocenters. The molecule has 366 valence electrons. The van der Waals surface area contributed by atoms with Crippen molar-refractivity contribution in [3.05, 3.63) is 266 Å². The van der Waals surface area contributed by atoms with Crippen LogP contribution in [-0.2, 0) is 0 Å². The third kappa shape index (κ3) is 6.53. The number of para-hydroxylation sites is 4. The van der Waals surface area contributed by atoms with E-state index in [0.717, 1.165) is 122 Å². The van der Waals surface area contributed by atoms with Gasteiger partial charge < -0.3 is 18.6 Å². The van der Waals surface area contributed by atoms with Crippen molar-refractivity contribution >= 4 is 132 Å². The van der Waals surface area contributed by atoms with Gasteiger partial charge in [-0.15, -0.1) is 0 Å². The Labute approximate surface area is 450 Å². The fourth-order valence-corrected chi connectivity index (χ4v) is 12.9. The molecule has 2 heterocycles. The number of hydrogen-bond acceptors (Lipinski definition) is 4. The van der Waals surface area contributed by atoms with Gasteiger partial charge in [0, 0.05) is 53.9 Å². The van der Waals surface area contributed by atoms with Gasteiger partial charge in [0.25, 0.3) is 0 Å². The Kier molecular flexibility index (Phi) is 9.73. The molecule has 78 heavy (non-hydrogen) atoms. The number of rotatable bonds is 8. The topological polar surface area (TPSA) is 32.8 Å². The lowest BCUT2D eigenvalue weighted by molar-refractivity contribution is 0.669. The van der Waals surface area contributed by atoms with Gasteiger partial charge >= 0.3 is 0 Å². The van der Waals surface area contributed by atoms with E-state index in [-0.39, 0.29) is 0 Å². The third-order valence-corrected chi connectivity index (χ3v) is 16.5. The van der Waals surface area contributed by atoms with Gasteiger partial charge in [-0.3, -0.25) is 0 Å². The van der Waals surface area contributed by atoms with Crippen molar-refractivity contribution in [2.45, 2.75) is 13.8 Å². The van der Waals surface area contributed by atoms with Crippen molar-refractivity contribution in [3.63, 3.8) is 0 Å². The number of aryl methyl sites for hydroxylation is 2. The molecular weight excluding hydrogens is 949 g/mol. The van der Waals surface area contributed by atoms with Crippen LogP contribution in [0.25, 0.3) is 120 Å². The molecule has 0 saturated carbocycles. The molecule has 0 radical (unpaired) electrons. The average Bonchev–Trinajstić information content (AvgIpc) is 4.21. The quantitative estimate of drug-likeness (QED) is 0.142. The van der Waals surface area contributed by atoms with Crippen LogP contribution in [0.1, 0.15) is 11.1 Å². The monoisotopic (exact) mass is 996 g/mol. The van der Waals surface area contributed by atoms with Crippen molar-refractivity contribution in [3.8, 4) is 22.3 Å². The maximum Gasteiger partial charge on any atom is 0.159 e. The Bertz CT molecular complexity index is 4750. The zero-order valence-corrected chi connectivity index (χ0v) is 43.0. The lowest BCUT2D eigenvalue weighted by Crippen LogP contribution is -2.13. The van der Waals surface area contributed by atoms with Crippen LogP contribution in [0.4, 0.5) is 34.1 Å². The number of hydrogen-bond donors (Lipinski definition) is 0. The first-order valence-corrected chi connectivity index (χ1v) is 26.8. The minimum atomic E-state index is 0.838. The Morgan fingerprint density at radius 2 is 0.603 bits per heavy atom. The van der Waals surface area contributed by atoms with Gasteiger partial charge in [-0.05, 0) is 117 Å². The molecule has 0 aliphatic rings. The van der Waals surface area contributed by atoms with Crippen LogP contribution in [0.15, 0.2) is 264 Å². The van der Waals surface area contributed by atoms with E-state index in [2.05, 4.69) is 278 Å². The van der Waals surface area contributed by atoms with E-state index in [0.29, 0.717) is 0 Å². The molecule has 16 aromatic rings. The summed E-state index contributed by atoms with van der Waals surface area (Å²) in [6.07, 6.45) is 0. The predicted molar refractivity (Wildman–Crippen MR) is 329 cm³/mol. The van der Waals surface area contributed by atoms with E-state index < -0.39 is 0 Å². The molecule has 0 N–H and O–H groups in total. The van der Waals surface area contributed by atoms with E-state index in [4.69, 9.17) is 8.83 Å². The standard InChI is InChI=1S/C74H48N2O2/c1-45-35-41-63(51-25-11-9-23-49(45)51)75(65-31-17-29-57-53-27-13-15-33-69(53)77-73(57)65)67-43-61(47-19-5-3-6-20-47)55-38-40-60-68(44-62(48-21-7-4-8-22-48)56-37-39-59(67)71(55)72(56)60)76(64-42-36-46(2)50-24-10-12-26-52(50)64)66-32-18-30-58-54-28-14-16-34-70(54)78-74(58)66/h3-44H,1-2H3. The summed E-state index contributed by atoms with van der Waals surface area (Å²) in [5.74, 6) is 0. The largest absolute Gasteiger partial charge is 0.454 e. The maximum absolute atomic E-state index is 7.01. The van der Waals surface area contributed by atoms with Crippen LogP contribution >= 0.6 is 0 Å². The second-order valence-corrected chi connectivity index (χ2v) is 20.8. The first-order valence-electron chi connectivity index (χ1n) is 26.8. The van der Waals surface area contributed by atoms with Crippen LogP contribution in [0.2, 0.25) is 0 Å². The summed E-state index contributed by atoms with van der Waals surface area (Å²) in [6, 6.07) is 93.0.